The lowest BCUT2D eigenvalue weighted by Crippen LogP contribution is -2.28. The third-order valence-corrected chi connectivity index (χ3v) is 4.27. The van der Waals surface area contributed by atoms with Gasteiger partial charge in [0, 0.05) is 19.5 Å². The molecular weight excluding hydrogens is 240 g/mol. The van der Waals surface area contributed by atoms with Crippen LogP contribution in [0.15, 0.2) is 4.52 Å². The summed E-state index contributed by atoms with van der Waals surface area (Å²) in [5.41, 5.74) is 0. The summed E-state index contributed by atoms with van der Waals surface area (Å²) in [6.07, 6.45) is 8.55. The summed E-state index contributed by atoms with van der Waals surface area (Å²) in [5.74, 6) is 2.34. The number of piperidine rings is 1. The Morgan fingerprint density at radius 3 is 2.58 bits per heavy atom. The number of nitrogens with one attached hydrogen (secondary N) is 1. The van der Waals surface area contributed by atoms with Gasteiger partial charge in [-0.15, -0.1) is 0 Å². The lowest BCUT2D eigenvalue weighted by molar-refractivity contribution is 0.313. The lowest BCUT2D eigenvalue weighted by atomic mass is 9.95. The SMILES string of the molecule is C1CCCN(c2noc(CC3CCNCC3)n2)CC1. The molecule has 0 bridgehead atoms. The van der Waals surface area contributed by atoms with Crippen LogP contribution in [0, 0.1) is 5.92 Å². The summed E-state index contributed by atoms with van der Waals surface area (Å²) in [6.45, 7) is 4.40. The highest BCUT2D eigenvalue weighted by Crippen LogP contribution is 2.20. The van der Waals surface area contributed by atoms with Gasteiger partial charge in [0.25, 0.3) is 5.95 Å². The molecule has 0 unspecified atom stereocenters. The highest BCUT2D eigenvalue weighted by atomic mass is 16.5. The molecule has 2 saturated heterocycles. The molecular formula is C14H24N4O. The third kappa shape index (κ3) is 3.47. The van der Waals surface area contributed by atoms with Gasteiger partial charge in [0.1, 0.15) is 0 Å². The van der Waals surface area contributed by atoms with Crippen LogP contribution in [0.5, 0.6) is 0 Å². The minimum Gasteiger partial charge on any atom is -0.338 e. The first kappa shape index (κ1) is 12.9. The zero-order valence-electron chi connectivity index (χ0n) is 11.6. The Labute approximate surface area is 114 Å². The van der Waals surface area contributed by atoms with E-state index in [0.29, 0.717) is 5.92 Å². The van der Waals surface area contributed by atoms with E-state index in [1.165, 1.54) is 38.5 Å². The first-order valence-electron chi connectivity index (χ1n) is 7.70. The van der Waals surface area contributed by atoms with Crippen LogP contribution in [0.2, 0.25) is 0 Å². The van der Waals surface area contributed by atoms with E-state index in [2.05, 4.69) is 20.4 Å². The molecule has 0 aromatic carbocycles. The second-order valence-corrected chi connectivity index (χ2v) is 5.79. The van der Waals surface area contributed by atoms with Crippen molar-refractivity contribution in [1.29, 1.82) is 0 Å². The predicted molar refractivity (Wildman–Crippen MR) is 74.3 cm³/mol. The molecule has 3 rings (SSSR count). The first-order chi connectivity index (χ1) is 9.42. The summed E-state index contributed by atoms with van der Waals surface area (Å²) >= 11 is 0. The molecule has 1 aromatic rings. The van der Waals surface area contributed by atoms with Gasteiger partial charge < -0.3 is 14.7 Å². The van der Waals surface area contributed by atoms with Gasteiger partial charge in [0.15, 0.2) is 0 Å². The summed E-state index contributed by atoms with van der Waals surface area (Å²) in [4.78, 5) is 6.88. The van der Waals surface area contributed by atoms with Crippen LogP contribution in [-0.4, -0.2) is 36.3 Å². The fourth-order valence-electron chi connectivity index (χ4n) is 3.06. The molecule has 0 saturated carbocycles. The smallest absolute Gasteiger partial charge is 0.266 e. The van der Waals surface area contributed by atoms with Crippen LogP contribution >= 0.6 is 0 Å². The minimum atomic E-state index is 0.707. The van der Waals surface area contributed by atoms with E-state index >= 15 is 0 Å². The van der Waals surface area contributed by atoms with Crippen molar-refractivity contribution in [1.82, 2.24) is 15.5 Å². The highest BCUT2D eigenvalue weighted by molar-refractivity contribution is 5.27. The number of aromatic nitrogens is 2. The van der Waals surface area contributed by atoms with Crippen LogP contribution in [0.3, 0.4) is 0 Å². The normalized spacial score (nSPS) is 22.4. The van der Waals surface area contributed by atoms with Crippen LogP contribution in [0.1, 0.15) is 44.4 Å². The van der Waals surface area contributed by atoms with Crippen LogP contribution in [0.4, 0.5) is 5.95 Å². The second-order valence-electron chi connectivity index (χ2n) is 5.79. The van der Waals surface area contributed by atoms with Gasteiger partial charge in [-0.1, -0.05) is 12.8 Å². The van der Waals surface area contributed by atoms with E-state index < -0.39 is 0 Å². The lowest BCUT2D eigenvalue weighted by Gasteiger charge is -2.20. The average Bonchev–Trinajstić information content (AvgIpc) is 2.74. The number of hydrogen-bond acceptors (Lipinski definition) is 5. The maximum atomic E-state index is 5.44. The van der Waals surface area contributed by atoms with Crippen molar-refractivity contribution in [3.05, 3.63) is 5.89 Å². The van der Waals surface area contributed by atoms with Crippen LogP contribution < -0.4 is 10.2 Å². The monoisotopic (exact) mass is 264 g/mol. The predicted octanol–water partition coefficient (Wildman–Crippen LogP) is 1.99. The minimum absolute atomic E-state index is 0.707. The maximum Gasteiger partial charge on any atom is 0.266 e. The van der Waals surface area contributed by atoms with Crippen molar-refractivity contribution in [3.63, 3.8) is 0 Å². The molecule has 0 spiro atoms. The van der Waals surface area contributed by atoms with Crippen molar-refractivity contribution >= 4 is 5.95 Å². The van der Waals surface area contributed by atoms with Crippen LogP contribution in [-0.2, 0) is 6.42 Å². The molecule has 3 heterocycles. The van der Waals surface area contributed by atoms with E-state index in [1.807, 2.05) is 0 Å². The van der Waals surface area contributed by atoms with E-state index in [1.54, 1.807) is 0 Å². The molecule has 106 valence electrons. The standard InChI is InChI=1S/C14H24N4O/c1-2-4-10-18(9-3-1)14-16-13(19-17-14)11-12-5-7-15-8-6-12/h12,15H,1-11H2. The molecule has 5 heteroatoms. The average molecular weight is 264 g/mol. The molecule has 5 nitrogen and oxygen atoms in total. The van der Waals surface area contributed by atoms with E-state index in [0.717, 1.165) is 44.4 Å². The Morgan fingerprint density at radius 2 is 1.84 bits per heavy atom. The highest BCUT2D eigenvalue weighted by Gasteiger charge is 2.19. The summed E-state index contributed by atoms with van der Waals surface area (Å²) in [7, 11) is 0. The van der Waals surface area contributed by atoms with Crippen molar-refractivity contribution < 1.29 is 4.52 Å². The fraction of sp³-hybridized carbons (Fsp3) is 0.857. The van der Waals surface area contributed by atoms with Gasteiger partial charge in [0.2, 0.25) is 5.89 Å². The molecule has 0 amide bonds. The van der Waals surface area contributed by atoms with Crippen molar-refractivity contribution in [3.8, 4) is 0 Å². The molecule has 0 radical (unpaired) electrons. The Kier molecular flexibility index (Phi) is 4.33. The molecule has 0 atom stereocenters. The largest absolute Gasteiger partial charge is 0.338 e. The van der Waals surface area contributed by atoms with Gasteiger partial charge in [-0.2, -0.15) is 4.98 Å². The summed E-state index contributed by atoms with van der Waals surface area (Å²) in [5, 5.41) is 7.56. The number of anilines is 1. The topological polar surface area (TPSA) is 54.2 Å². The van der Waals surface area contributed by atoms with Gasteiger partial charge in [0.05, 0.1) is 0 Å². The fourth-order valence-corrected chi connectivity index (χ4v) is 3.06. The number of rotatable bonds is 3. The van der Waals surface area contributed by atoms with Crippen molar-refractivity contribution in [2.75, 3.05) is 31.1 Å². The molecule has 1 N–H and O–H groups in total. The Balaban J connectivity index is 1.58. The quantitative estimate of drug-likeness (QED) is 0.905. The van der Waals surface area contributed by atoms with Gasteiger partial charge >= 0.3 is 0 Å². The zero-order valence-corrected chi connectivity index (χ0v) is 11.6. The molecule has 19 heavy (non-hydrogen) atoms. The Bertz CT molecular complexity index is 379. The van der Waals surface area contributed by atoms with Crippen molar-refractivity contribution in [2.45, 2.75) is 44.9 Å². The maximum absolute atomic E-state index is 5.44. The first-order valence-corrected chi connectivity index (χ1v) is 7.70. The van der Waals surface area contributed by atoms with Gasteiger partial charge in [-0.3, -0.25) is 0 Å². The van der Waals surface area contributed by atoms with Crippen LogP contribution in [0.25, 0.3) is 0 Å². The van der Waals surface area contributed by atoms with E-state index in [9.17, 15) is 0 Å². The third-order valence-electron chi connectivity index (χ3n) is 4.27. The summed E-state index contributed by atoms with van der Waals surface area (Å²) < 4.78 is 5.44. The van der Waals surface area contributed by atoms with Gasteiger partial charge in [-0.25, -0.2) is 0 Å². The van der Waals surface area contributed by atoms with E-state index in [4.69, 9.17) is 4.52 Å². The van der Waals surface area contributed by atoms with Gasteiger partial charge in [-0.05, 0) is 49.8 Å². The summed E-state index contributed by atoms with van der Waals surface area (Å²) in [6, 6.07) is 0. The second kappa shape index (κ2) is 6.37. The number of nitrogens with zero attached hydrogens (tertiary/aromatic N) is 3. The Morgan fingerprint density at radius 1 is 1.11 bits per heavy atom. The van der Waals surface area contributed by atoms with E-state index in [-0.39, 0.29) is 0 Å². The number of hydrogen-bond donors (Lipinski definition) is 1. The molecule has 2 aliphatic rings. The molecule has 2 fully saturated rings. The molecule has 2 aliphatic heterocycles. The zero-order chi connectivity index (χ0) is 12.9. The molecule has 0 aliphatic carbocycles. The molecule has 1 aromatic heterocycles. The Hall–Kier alpha value is -1.10. The van der Waals surface area contributed by atoms with Crippen molar-refractivity contribution in [2.24, 2.45) is 5.92 Å².